The molecule has 2 aliphatic rings. The van der Waals surface area contributed by atoms with Crippen molar-refractivity contribution in [3.05, 3.63) is 71.8 Å². The second-order valence-corrected chi connectivity index (χ2v) is 11.8. The number of carbonyl (C=O) groups is 4. The molecule has 0 saturated heterocycles. The number of carbonyl (C=O) groups excluding carboxylic acids is 4. The van der Waals surface area contributed by atoms with Gasteiger partial charge in [-0.1, -0.05) is 82.4 Å². The number of ether oxygens (including phenoxy) is 4. The van der Waals surface area contributed by atoms with Crippen LogP contribution < -0.4 is 16.4 Å². The van der Waals surface area contributed by atoms with Gasteiger partial charge in [-0.05, 0) is 69.4 Å². The van der Waals surface area contributed by atoms with Crippen LogP contribution in [0.25, 0.3) is 0 Å². The molecule has 0 aromatic heterocycles. The predicted molar refractivity (Wildman–Crippen MR) is 186 cm³/mol. The molecule has 0 aliphatic heterocycles. The number of esters is 2. The molecule has 11 nitrogen and oxygen atoms in total. The first kappa shape index (κ1) is 41.9. The minimum atomic E-state index is -0.515. The Hall–Kier alpha value is -4.12. The van der Waals surface area contributed by atoms with Gasteiger partial charge in [0.05, 0.1) is 25.0 Å². The van der Waals surface area contributed by atoms with Gasteiger partial charge in [-0.2, -0.15) is 0 Å². The van der Waals surface area contributed by atoms with Crippen molar-refractivity contribution >= 4 is 24.1 Å². The molecule has 268 valence electrons. The lowest BCUT2D eigenvalue weighted by atomic mass is 9.79. The van der Waals surface area contributed by atoms with Gasteiger partial charge in [0.2, 0.25) is 0 Å². The van der Waals surface area contributed by atoms with E-state index in [-0.39, 0.29) is 70.0 Å². The lowest BCUT2D eigenvalue weighted by Crippen LogP contribution is -2.52. The molecule has 2 aliphatic carbocycles. The summed E-state index contributed by atoms with van der Waals surface area (Å²) in [6, 6.07) is 18.5. The molecule has 2 saturated carbocycles. The lowest BCUT2D eigenvalue weighted by molar-refractivity contribution is -0.150. The van der Waals surface area contributed by atoms with Crippen molar-refractivity contribution in [3.8, 4) is 0 Å². The highest BCUT2D eigenvalue weighted by Gasteiger charge is 2.35. The third-order valence-corrected chi connectivity index (χ3v) is 8.37. The first-order chi connectivity index (χ1) is 22.2. The van der Waals surface area contributed by atoms with E-state index in [4.69, 9.17) is 24.7 Å². The molecule has 0 bridgehead atoms. The highest BCUT2D eigenvalue weighted by molar-refractivity contribution is 5.74. The van der Waals surface area contributed by atoms with E-state index in [0.29, 0.717) is 44.8 Å². The summed E-state index contributed by atoms with van der Waals surface area (Å²) < 4.78 is 20.6. The molecular weight excluding hydrogens is 614 g/mol. The van der Waals surface area contributed by atoms with Gasteiger partial charge < -0.3 is 35.3 Å². The van der Waals surface area contributed by atoms with E-state index >= 15 is 0 Å². The van der Waals surface area contributed by atoms with Crippen molar-refractivity contribution in [1.29, 1.82) is 0 Å². The molecule has 0 unspecified atom stereocenters. The van der Waals surface area contributed by atoms with E-state index in [9.17, 15) is 19.2 Å². The van der Waals surface area contributed by atoms with Crippen LogP contribution in [0, 0.1) is 17.8 Å². The molecule has 4 N–H and O–H groups in total. The Bertz CT molecular complexity index is 1130. The van der Waals surface area contributed by atoms with Crippen LogP contribution in [0.15, 0.2) is 60.7 Å². The summed E-state index contributed by atoms with van der Waals surface area (Å²) in [7, 11) is 0. The average molecular weight is 672 g/mol. The Labute approximate surface area is 286 Å². The maximum Gasteiger partial charge on any atom is 0.407 e. The number of nitrogens with one attached hydrogen (secondary N) is 2. The maximum atomic E-state index is 12.0. The standard InChI is InChI=1S/C18H25NO4.C17H24N2O4.2CH4/c1-3-22-17(20)15-10-9-13(2)16(11-15)19-18(21)23-12-14-7-5-4-6-8-14;1-2-22-16(20)13-8-9-14(18)15(10-13)19-17(21)23-11-12-6-4-3-5-7-12;;/h4-8,13,15-16H,3,9-12H2,1-2H3,(H,19,21);3-7,13-15H,2,8-11,18H2,1H3,(H,19,21);2*1H4/t13-,15-,16+;13-,14-,15+;;/m00../s1. The van der Waals surface area contributed by atoms with Crippen molar-refractivity contribution in [2.45, 2.75) is 105 Å². The third-order valence-electron chi connectivity index (χ3n) is 8.37. The van der Waals surface area contributed by atoms with E-state index in [1.165, 1.54) is 0 Å². The van der Waals surface area contributed by atoms with E-state index in [1.54, 1.807) is 13.8 Å². The van der Waals surface area contributed by atoms with Gasteiger partial charge >= 0.3 is 24.1 Å². The van der Waals surface area contributed by atoms with Crippen LogP contribution in [0.1, 0.15) is 85.3 Å². The molecule has 11 heteroatoms. The lowest BCUT2D eigenvalue weighted by Gasteiger charge is -2.33. The Balaban J connectivity index is 0.000000461. The Kier molecular flexibility index (Phi) is 19.6. The van der Waals surface area contributed by atoms with Crippen LogP contribution in [-0.2, 0) is 41.8 Å². The van der Waals surface area contributed by atoms with Gasteiger partial charge in [0.25, 0.3) is 0 Å². The van der Waals surface area contributed by atoms with Crippen molar-refractivity contribution in [2.24, 2.45) is 23.5 Å². The quantitative estimate of drug-likeness (QED) is 0.189. The highest BCUT2D eigenvalue weighted by Crippen LogP contribution is 2.30. The maximum absolute atomic E-state index is 12.0. The van der Waals surface area contributed by atoms with Crippen molar-refractivity contribution in [2.75, 3.05) is 13.2 Å². The average Bonchev–Trinajstić information content (AvgIpc) is 3.06. The first-order valence-electron chi connectivity index (χ1n) is 16.2. The van der Waals surface area contributed by atoms with Crippen LogP contribution in [0.3, 0.4) is 0 Å². The summed E-state index contributed by atoms with van der Waals surface area (Å²) in [6.45, 7) is 6.87. The number of hydrogen-bond donors (Lipinski definition) is 3. The van der Waals surface area contributed by atoms with Crippen LogP contribution in [0.4, 0.5) is 9.59 Å². The van der Waals surface area contributed by atoms with Crippen LogP contribution in [-0.4, -0.2) is 55.5 Å². The third kappa shape index (κ3) is 14.3. The molecule has 0 heterocycles. The van der Waals surface area contributed by atoms with Crippen molar-refractivity contribution < 1.29 is 38.1 Å². The first-order valence-corrected chi connectivity index (χ1v) is 16.2. The zero-order valence-corrected chi connectivity index (χ0v) is 27.2. The topological polar surface area (TPSA) is 155 Å². The molecule has 2 aromatic carbocycles. The summed E-state index contributed by atoms with van der Waals surface area (Å²) in [5.41, 5.74) is 7.91. The Morgan fingerprint density at radius 2 is 1.06 bits per heavy atom. The van der Waals surface area contributed by atoms with Gasteiger partial charge in [0.15, 0.2) is 0 Å². The summed E-state index contributed by atoms with van der Waals surface area (Å²) in [4.78, 5) is 47.6. The van der Waals surface area contributed by atoms with Crippen molar-refractivity contribution in [1.82, 2.24) is 10.6 Å². The minimum absolute atomic E-state index is 0. The van der Waals surface area contributed by atoms with Crippen LogP contribution in [0.2, 0.25) is 0 Å². The zero-order chi connectivity index (χ0) is 33.3. The number of alkyl carbamates (subject to hydrolysis) is 2. The second kappa shape index (κ2) is 22.4. The highest BCUT2D eigenvalue weighted by atomic mass is 16.6. The Morgan fingerprint density at radius 3 is 1.52 bits per heavy atom. The monoisotopic (exact) mass is 671 g/mol. The molecule has 0 spiro atoms. The summed E-state index contributed by atoms with van der Waals surface area (Å²) in [5, 5.41) is 5.67. The number of nitrogens with two attached hydrogens (primary N) is 1. The van der Waals surface area contributed by atoms with E-state index in [0.717, 1.165) is 24.0 Å². The fraction of sp³-hybridized carbons (Fsp3) is 0.568. The molecule has 2 aromatic rings. The van der Waals surface area contributed by atoms with E-state index < -0.39 is 12.2 Å². The molecule has 2 fully saturated rings. The van der Waals surface area contributed by atoms with Gasteiger partial charge in [-0.3, -0.25) is 9.59 Å². The van der Waals surface area contributed by atoms with Gasteiger partial charge in [0, 0.05) is 18.1 Å². The molecule has 4 rings (SSSR count). The number of rotatable bonds is 10. The Morgan fingerprint density at radius 1 is 0.646 bits per heavy atom. The van der Waals surface area contributed by atoms with E-state index in [2.05, 4.69) is 17.6 Å². The predicted octanol–water partition coefficient (Wildman–Crippen LogP) is 6.52. The number of hydrogen-bond acceptors (Lipinski definition) is 9. The fourth-order valence-electron chi connectivity index (χ4n) is 5.66. The largest absolute Gasteiger partial charge is 0.466 e. The van der Waals surface area contributed by atoms with Gasteiger partial charge in [0.1, 0.15) is 13.2 Å². The molecule has 48 heavy (non-hydrogen) atoms. The second-order valence-electron chi connectivity index (χ2n) is 11.8. The molecule has 0 radical (unpaired) electrons. The summed E-state index contributed by atoms with van der Waals surface area (Å²) in [5.74, 6) is -0.405. The van der Waals surface area contributed by atoms with E-state index in [1.807, 2.05) is 60.7 Å². The molecule has 6 atom stereocenters. The fourth-order valence-corrected chi connectivity index (χ4v) is 5.66. The van der Waals surface area contributed by atoms with Crippen molar-refractivity contribution in [3.63, 3.8) is 0 Å². The zero-order valence-electron chi connectivity index (χ0n) is 27.2. The van der Waals surface area contributed by atoms with Crippen LogP contribution >= 0.6 is 0 Å². The molecule has 2 amide bonds. The number of amides is 2. The SMILES string of the molecule is C.C.CCOC(=O)[C@H]1CC[C@H](C)[C@H](NC(=O)OCc2ccccc2)C1.CCOC(=O)[C@H]1CC[C@H](N)[C@H](NC(=O)OCc2ccccc2)C1. The minimum Gasteiger partial charge on any atom is -0.466 e. The van der Waals surface area contributed by atoms with Gasteiger partial charge in [-0.15, -0.1) is 0 Å². The summed E-state index contributed by atoms with van der Waals surface area (Å²) >= 11 is 0. The smallest absolute Gasteiger partial charge is 0.407 e. The van der Waals surface area contributed by atoms with Gasteiger partial charge in [-0.25, -0.2) is 9.59 Å². The number of benzene rings is 2. The normalized spacial score (nSPS) is 22.8. The molecular formula is C37H57N3O8. The summed E-state index contributed by atoms with van der Waals surface area (Å²) in [6.07, 6.45) is 3.23. The van der Waals surface area contributed by atoms with Crippen LogP contribution in [0.5, 0.6) is 0 Å².